The Morgan fingerprint density at radius 2 is 2.24 bits per heavy atom. The molecule has 8 nitrogen and oxygen atoms in total. The van der Waals surface area contributed by atoms with Crippen molar-refractivity contribution in [1.29, 1.82) is 5.26 Å². The van der Waals surface area contributed by atoms with Gasteiger partial charge < -0.3 is 25.3 Å². The minimum Gasteiger partial charge on any atom is -0.504 e. The van der Waals surface area contributed by atoms with Crippen LogP contribution in [0, 0.1) is 18.3 Å². The zero-order valence-corrected chi connectivity index (χ0v) is 14.8. The molecule has 1 aliphatic rings. The topological polar surface area (TPSA) is 134 Å². The summed E-state index contributed by atoms with van der Waals surface area (Å²) in [7, 11) is 1.42. The Labute approximate surface area is 150 Å². The van der Waals surface area contributed by atoms with Crippen LogP contribution in [0.5, 0.6) is 17.4 Å². The molecule has 0 fully saturated rings. The summed E-state index contributed by atoms with van der Waals surface area (Å²) in [5.74, 6) is -0.485. The minimum atomic E-state index is -0.835. The lowest BCUT2D eigenvalue weighted by Crippen LogP contribution is -2.29. The highest BCUT2D eigenvalue weighted by atomic mass is 79.9. The SMILES string of the molecule is COc1c(O)cc(C2C(C#N)=C(N)Oc3nc(C)[nH]c(=O)c32)cc1Br. The number of nitriles is 1. The summed E-state index contributed by atoms with van der Waals surface area (Å²) in [5.41, 5.74) is 6.07. The summed E-state index contributed by atoms with van der Waals surface area (Å²) in [6, 6.07) is 5.02. The van der Waals surface area contributed by atoms with Gasteiger partial charge in [0.05, 0.1) is 23.1 Å². The number of phenols is 1. The molecule has 1 atom stereocenters. The van der Waals surface area contributed by atoms with Crippen LogP contribution in [0.4, 0.5) is 0 Å². The van der Waals surface area contributed by atoms with E-state index in [4.69, 9.17) is 15.2 Å². The normalized spacial score (nSPS) is 16.0. The lowest BCUT2D eigenvalue weighted by molar-refractivity contribution is 0.367. The number of halogens is 1. The average molecular weight is 405 g/mol. The molecule has 0 aliphatic carbocycles. The second kappa shape index (κ2) is 6.14. The fraction of sp³-hybridized carbons (Fsp3) is 0.188. The summed E-state index contributed by atoms with van der Waals surface area (Å²) >= 11 is 3.30. The second-order valence-electron chi connectivity index (χ2n) is 5.35. The summed E-state index contributed by atoms with van der Waals surface area (Å²) in [6.45, 7) is 1.61. The molecule has 3 rings (SSSR count). The fourth-order valence-corrected chi connectivity index (χ4v) is 3.40. The van der Waals surface area contributed by atoms with Crippen LogP contribution in [0.25, 0.3) is 0 Å². The third-order valence-corrected chi connectivity index (χ3v) is 4.38. The molecule has 0 radical (unpaired) electrons. The number of fused-ring (bicyclic) bond motifs is 1. The van der Waals surface area contributed by atoms with Crippen molar-refractivity contribution in [3.05, 3.63) is 55.4 Å². The monoisotopic (exact) mass is 404 g/mol. The van der Waals surface area contributed by atoms with E-state index in [1.807, 2.05) is 6.07 Å². The van der Waals surface area contributed by atoms with E-state index < -0.39 is 11.5 Å². The van der Waals surface area contributed by atoms with Gasteiger partial charge in [0.25, 0.3) is 5.56 Å². The van der Waals surface area contributed by atoms with Gasteiger partial charge >= 0.3 is 0 Å². The van der Waals surface area contributed by atoms with Crippen LogP contribution < -0.4 is 20.8 Å². The van der Waals surface area contributed by atoms with E-state index in [2.05, 4.69) is 25.9 Å². The van der Waals surface area contributed by atoms with Gasteiger partial charge in [0.15, 0.2) is 11.5 Å². The minimum absolute atomic E-state index is 0.0363. The highest BCUT2D eigenvalue weighted by molar-refractivity contribution is 9.10. The molecule has 25 heavy (non-hydrogen) atoms. The van der Waals surface area contributed by atoms with Gasteiger partial charge in [-0.15, -0.1) is 0 Å². The number of phenolic OH excluding ortho intramolecular Hbond substituents is 1. The molecule has 1 unspecified atom stereocenters. The number of allylic oxidation sites excluding steroid dienone is 1. The maximum atomic E-state index is 12.5. The maximum Gasteiger partial charge on any atom is 0.258 e. The largest absolute Gasteiger partial charge is 0.504 e. The van der Waals surface area contributed by atoms with E-state index in [0.717, 1.165) is 0 Å². The number of hydrogen-bond acceptors (Lipinski definition) is 7. The molecule has 0 saturated heterocycles. The smallest absolute Gasteiger partial charge is 0.258 e. The van der Waals surface area contributed by atoms with Gasteiger partial charge in [-0.05, 0) is 40.5 Å². The third-order valence-electron chi connectivity index (χ3n) is 3.79. The van der Waals surface area contributed by atoms with Crippen LogP contribution in [0.1, 0.15) is 22.9 Å². The van der Waals surface area contributed by atoms with Crippen LogP contribution in [0.2, 0.25) is 0 Å². The molecule has 1 aliphatic heterocycles. The number of nitrogens with one attached hydrogen (secondary N) is 1. The summed E-state index contributed by atoms with van der Waals surface area (Å²) in [4.78, 5) is 19.2. The van der Waals surface area contributed by atoms with Gasteiger partial charge in [-0.3, -0.25) is 4.79 Å². The number of H-pyrrole nitrogens is 1. The van der Waals surface area contributed by atoms with E-state index in [1.165, 1.54) is 13.2 Å². The van der Waals surface area contributed by atoms with Crippen molar-refractivity contribution in [2.24, 2.45) is 5.73 Å². The molecule has 2 heterocycles. The van der Waals surface area contributed by atoms with Crippen molar-refractivity contribution in [3.63, 3.8) is 0 Å². The number of benzene rings is 1. The first kappa shape index (κ1) is 16.9. The first-order valence-corrected chi connectivity index (χ1v) is 7.91. The number of aromatic nitrogens is 2. The van der Waals surface area contributed by atoms with Gasteiger partial charge in [0, 0.05) is 0 Å². The Morgan fingerprint density at radius 1 is 1.52 bits per heavy atom. The van der Waals surface area contributed by atoms with E-state index in [9.17, 15) is 15.2 Å². The Morgan fingerprint density at radius 3 is 2.84 bits per heavy atom. The van der Waals surface area contributed by atoms with Crippen LogP contribution in [0.3, 0.4) is 0 Å². The van der Waals surface area contributed by atoms with Crippen molar-refractivity contribution < 1.29 is 14.6 Å². The molecular formula is C16H13BrN4O4. The lowest BCUT2D eigenvalue weighted by Gasteiger charge is -2.25. The molecule has 1 aromatic carbocycles. The zero-order chi connectivity index (χ0) is 18.3. The quantitative estimate of drug-likeness (QED) is 0.693. The van der Waals surface area contributed by atoms with Gasteiger partial charge in [0.2, 0.25) is 11.8 Å². The molecule has 0 bridgehead atoms. The highest BCUT2D eigenvalue weighted by Gasteiger charge is 2.35. The third kappa shape index (κ3) is 2.70. The van der Waals surface area contributed by atoms with Crippen molar-refractivity contribution >= 4 is 15.9 Å². The molecule has 9 heteroatoms. The highest BCUT2D eigenvalue weighted by Crippen LogP contribution is 2.44. The summed E-state index contributed by atoms with van der Waals surface area (Å²) in [5, 5.41) is 19.7. The van der Waals surface area contributed by atoms with E-state index in [-0.39, 0.29) is 34.4 Å². The Balaban J connectivity index is 2.32. The van der Waals surface area contributed by atoms with Crippen LogP contribution in [-0.4, -0.2) is 22.2 Å². The van der Waals surface area contributed by atoms with Crippen molar-refractivity contribution in [1.82, 2.24) is 9.97 Å². The van der Waals surface area contributed by atoms with Crippen molar-refractivity contribution in [3.8, 4) is 23.4 Å². The standard InChI is InChI=1S/C16H13BrN4O4/c1-6-20-15(23)12-11(8(5-18)14(19)25-16(12)21-6)7-3-9(17)13(24-2)10(22)4-7/h3-4,11,22H,19H2,1-2H3,(H,20,21,23). The predicted octanol–water partition coefficient (Wildman–Crippen LogP) is 1.77. The Kier molecular flexibility index (Phi) is 4.14. The Bertz CT molecular complexity index is 983. The molecule has 2 aromatic rings. The number of rotatable bonds is 2. The van der Waals surface area contributed by atoms with Crippen molar-refractivity contribution in [2.45, 2.75) is 12.8 Å². The average Bonchev–Trinajstić information content (AvgIpc) is 2.52. The van der Waals surface area contributed by atoms with Gasteiger partial charge in [-0.2, -0.15) is 10.2 Å². The number of ether oxygens (including phenoxy) is 2. The van der Waals surface area contributed by atoms with Crippen molar-refractivity contribution in [2.75, 3.05) is 7.11 Å². The van der Waals surface area contributed by atoms with Gasteiger partial charge in [-0.1, -0.05) is 0 Å². The lowest BCUT2D eigenvalue weighted by atomic mass is 9.85. The molecule has 1 aromatic heterocycles. The molecule has 128 valence electrons. The number of aryl methyl sites for hydroxylation is 1. The fourth-order valence-electron chi connectivity index (χ4n) is 2.77. The van der Waals surface area contributed by atoms with E-state index in [0.29, 0.717) is 15.9 Å². The number of nitrogens with zero attached hydrogens (tertiary/aromatic N) is 2. The number of nitrogens with two attached hydrogens (primary N) is 1. The van der Waals surface area contributed by atoms with Crippen LogP contribution >= 0.6 is 15.9 Å². The Hall–Kier alpha value is -2.99. The second-order valence-corrected chi connectivity index (χ2v) is 6.20. The maximum absolute atomic E-state index is 12.5. The zero-order valence-electron chi connectivity index (χ0n) is 13.3. The number of hydrogen-bond donors (Lipinski definition) is 3. The van der Waals surface area contributed by atoms with Gasteiger partial charge in [0.1, 0.15) is 17.5 Å². The molecule has 0 amide bonds. The van der Waals surface area contributed by atoms with E-state index in [1.54, 1.807) is 13.0 Å². The molecule has 4 N–H and O–H groups in total. The summed E-state index contributed by atoms with van der Waals surface area (Å²) in [6.07, 6.45) is 0. The predicted molar refractivity (Wildman–Crippen MR) is 91.3 cm³/mol. The number of methoxy groups -OCH3 is 1. The molecule has 0 saturated carbocycles. The van der Waals surface area contributed by atoms with Crippen LogP contribution in [-0.2, 0) is 0 Å². The molecule has 0 spiro atoms. The number of aromatic amines is 1. The van der Waals surface area contributed by atoms with Crippen LogP contribution in [0.15, 0.2) is 32.9 Å². The number of aromatic hydroxyl groups is 1. The first-order chi connectivity index (χ1) is 11.9. The van der Waals surface area contributed by atoms with Gasteiger partial charge in [-0.25, -0.2) is 0 Å². The molecular weight excluding hydrogens is 392 g/mol. The first-order valence-electron chi connectivity index (χ1n) is 7.12. The van der Waals surface area contributed by atoms with E-state index >= 15 is 0 Å². The summed E-state index contributed by atoms with van der Waals surface area (Å²) < 4.78 is 10.9.